The second-order valence-electron chi connectivity index (χ2n) is 8.27. The minimum absolute atomic E-state index is 0. The van der Waals surface area contributed by atoms with Gasteiger partial charge in [0, 0.05) is 38.8 Å². The van der Waals surface area contributed by atoms with Gasteiger partial charge in [-0.25, -0.2) is 8.42 Å². The van der Waals surface area contributed by atoms with Gasteiger partial charge >= 0.3 is 0 Å². The summed E-state index contributed by atoms with van der Waals surface area (Å²) >= 11 is 0. The molecule has 2 N–H and O–H groups in total. The van der Waals surface area contributed by atoms with E-state index in [0.717, 1.165) is 19.5 Å². The lowest BCUT2D eigenvalue weighted by Gasteiger charge is -2.22. The van der Waals surface area contributed by atoms with Gasteiger partial charge in [0.25, 0.3) is 0 Å². The van der Waals surface area contributed by atoms with Crippen molar-refractivity contribution in [3.8, 4) is 0 Å². The van der Waals surface area contributed by atoms with E-state index in [9.17, 15) is 8.42 Å². The summed E-state index contributed by atoms with van der Waals surface area (Å²) in [6.45, 7) is 9.68. The van der Waals surface area contributed by atoms with Crippen molar-refractivity contribution in [2.45, 2.75) is 57.5 Å². The van der Waals surface area contributed by atoms with Crippen LogP contribution in [0.15, 0.2) is 35.3 Å². The van der Waals surface area contributed by atoms with Gasteiger partial charge in [-0.05, 0) is 39.7 Å². The fourth-order valence-electron chi connectivity index (χ4n) is 3.24. The molecule has 2 rings (SSSR count). The maximum Gasteiger partial charge on any atom is 0.191 e. The fraction of sp³-hybridized carbons (Fsp3) is 0.650. The molecule has 1 heterocycles. The Morgan fingerprint density at radius 2 is 1.89 bits per heavy atom. The van der Waals surface area contributed by atoms with Crippen LogP contribution in [0.25, 0.3) is 0 Å². The minimum atomic E-state index is -3.13. The van der Waals surface area contributed by atoms with Crippen molar-refractivity contribution in [2.24, 2.45) is 4.99 Å². The van der Waals surface area contributed by atoms with Gasteiger partial charge in [0.05, 0.1) is 10.5 Å². The van der Waals surface area contributed by atoms with Crippen molar-refractivity contribution < 1.29 is 8.42 Å². The van der Waals surface area contributed by atoms with Gasteiger partial charge in [-0.1, -0.05) is 30.3 Å². The Hall–Kier alpha value is -0.870. The number of hydrogen-bond acceptors (Lipinski definition) is 4. The largest absolute Gasteiger partial charge is 0.355 e. The third-order valence-corrected chi connectivity index (χ3v) is 7.70. The van der Waals surface area contributed by atoms with Gasteiger partial charge in [0.1, 0.15) is 0 Å². The molecule has 0 bridgehead atoms. The van der Waals surface area contributed by atoms with E-state index >= 15 is 0 Å². The van der Waals surface area contributed by atoms with E-state index in [1.54, 1.807) is 27.8 Å². The monoisotopic (exact) mass is 522 g/mol. The number of likely N-dealkylation sites (tertiary alicyclic amines) is 1. The first-order valence-corrected chi connectivity index (χ1v) is 11.2. The number of rotatable bonds is 6. The van der Waals surface area contributed by atoms with Crippen LogP contribution >= 0.6 is 24.0 Å². The molecule has 0 radical (unpaired) electrons. The van der Waals surface area contributed by atoms with E-state index in [-0.39, 0.29) is 29.7 Å². The number of nitrogens with zero attached hydrogens (tertiary/aromatic N) is 2. The van der Waals surface area contributed by atoms with E-state index in [2.05, 4.69) is 51.7 Å². The molecule has 0 saturated carbocycles. The van der Waals surface area contributed by atoms with Crippen LogP contribution in [0.1, 0.15) is 39.7 Å². The third kappa shape index (κ3) is 7.18. The van der Waals surface area contributed by atoms with Crippen molar-refractivity contribution in [3.63, 3.8) is 0 Å². The summed E-state index contributed by atoms with van der Waals surface area (Å²) in [5.74, 6) is 0.760. The lowest BCUT2D eigenvalue weighted by molar-refractivity contribution is 0.258. The van der Waals surface area contributed by atoms with E-state index in [1.807, 2.05) is 6.07 Å². The van der Waals surface area contributed by atoms with Crippen molar-refractivity contribution in [1.82, 2.24) is 15.5 Å². The predicted molar refractivity (Wildman–Crippen MR) is 128 cm³/mol. The topological polar surface area (TPSA) is 73.8 Å². The number of guanidine groups is 1. The standard InChI is InChI=1S/C20H34N4O2S.HI/c1-16-13-18(15-24(16)14-17-9-7-6-8-10-17)23-19(21-5)22-11-12-27(25,26)20(2,3)4;/h6-10,16,18H,11-15H2,1-5H3,(H2,21,22,23);1H. The Kier molecular flexibility index (Phi) is 9.69. The first-order chi connectivity index (χ1) is 12.6. The molecule has 1 aliphatic rings. The highest BCUT2D eigenvalue weighted by Gasteiger charge is 2.30. The average Bonchev–Trinajstić information content (AvgIpc) is 2.93. The van der Waals surface area contributed by atoms with Crippen LogP contribution in [-0.4, -0.2) is 62.0 Å². The van der Waals surface area contributed by atoms with Gasteiger partial charge in [0.15, 0.2) is 15.8 Å². The molecule has 160 valence electrons. The summed E-state index contributed by atoms with van der Waals surface area (Å²) in [6.07, 6.45) is 1.04. The summed E-state index contributed by atoms with van der Waals surface area (Å²) < 4.78 is 23.7. The molecular weight excluding hydrogens is 487 g/mol. The van der Waals surface area contributed by atoms with Crippen molar-refractivity contribution in [3.05, 3.63) is 35.9 Å². The smallest absolute Gasteiger partial charge is 0.191 e. The van der Waals surface area contributed by atoms with E-state index < -0.39 is 14.6 Å². The van der Waals surface area contributed by atoms with E-state index in [4.69, 9.17) is 0 Å². The van der Waals surface area contributed by atoms with Gasteiger partial charge in [-0.3, -0.25) is 9.89 Å². The van der Waals surface area contributed by atoms with Crippen LogP contribution in [-0.2, 0) is 16.4 Å². The molecule has 0 aliphatic carbocycles. The summed E-state index contributed by atoms with van der Waals surface area (Å²) in [7, 11) is -1.42. The number of aliphatic imine (C=N–C) groups is 1. The predicted octanol–water partition coefficient (Wildman–Crippen LogP) is 2.65. The first kappa shape index (κ1) is 25.2. The third-order valence-electron chi connectivity index (χ3n) is 5.09. The summed E-state index contributed by atoms with van der Waals surface area (Å²) in [6, 6.07) is 11.3. The van der Waals surface area contributed by atoms with Gasteiger partial charge in [0.2, 0.25) is 0 Å². The van der Waals surface area contributed by atoms with E-state index in [1.165, 1.54) is 5.56 Å². The summed E-state index contributed by atoms with van der Waals surface area (Å²) in [5.41, 5.74) is 1.32. The first-order valence-electron chi connectivity index (χ1n) is 9.60. The van der Waals surface area contributed by atoms with Crippen LogP contribution in [0.3, 0.4) is 0 Å². The maximum absolute atomic E-state index is 12.2. The highest BCUT2D eigenvalue weighted by atomic mass is 127. The zero-order valence-corrected chi connectivity index (χ0v) is 20.8. The van der Waals surface area contributed by atoms with Gasteiger partial charge < -0.3 is 10.6 Å². The van der Waals surface area contributed by atoms with Crippen molar-refractivity contribution >= 4 is 39.8 Å². The SMILES string of the molecule is CN=C(NCCS(=O)(=O)C(C)(C)C)NC1CC(C)N(Cc2ccccc2)C1.I. The second kappa shape index (κ2) is 10.8. The molecule has 6 nitrogen and oxygen atoms in total. The zero-order chi connectivity index (χ0) is 20.1. The number of halogens is 1. The van der Waals surface area contributed by atoms with Crippen LogP contribution in [0.2, 0.25) is 0 Å². The Morgan fingerprint density at radius 3 is 2.46 bits per heavy atom. The second-order valence-corrected chi connectivity index (χ2v) is 11.1. The number of nitrogens with one attached hydrogen (secondary N) is 2. The Balaban J connectivity index is 0.00000392. The molecular formula is C20H35IN4O2S. The zero-order valence-electron chi connectivity index (χ0n) is 17.6. The van der Waals surface area contributed by atoms with Crippen LogP contribution < -0.4 is 10.6 Å². The van der Waals surface area contributed by atoms with Crippen LogP contribution in [0, 0.1) is 0 Å². The van der Waals surface area contributed by atoms with Crippen LogP contribution in [0.4, 0.5) is 0 Å². The maximum atomic E-state index is 12.2. The number of benzene rings is 1. The Labute approximate surface area is 187 Å². The molecule has 1 aromatic rings. The average molecular weight is 522 g/mol. The molecule has 1 saturated heterocycles. The lowest BCUT2D eigenvalue weighted by atomic mass is 10.2. The molecule has 8 heteroatoms. The molecule has 2 unspecified atom stereocenters. The lowest BCUT2D eigenvalue weighted by Crippen LogP contribution is -2.46. The molecule has 28 heavy (non-hydrogen) atoms. The number of sulfone groups is 1. The number of hydrogen-bond donors (Lipinski definition) is 2. The Bertz CT molecular complexity index is 732. The summed E-state index contributed by atoms with van der Waals surface area (Å²) in [5, 5.41) is 6.58. The molecule has 0 spiro atoms. The van der Waals surface area contributed by atoms with E-state index in [0.29, 0.717) is 24.6 Å². The van der Waals surface area contributed by atoms with Gasteiger partial charge in [-0.15, -0.1) is 24.0 Å². The molecule has 1 aromatic carbocycles. The molecule has 0 amide bonds. The van der Waals surface area contributed by atoms with Crippen molar-refractivity contribution in [2.75, 3.05) is 25.9 Å². The minimum Gasteiger partial charge on any atom is -0.355 e. The molecule has 0 aromatic heterocycles. The Morgan fingerprint density at radius 1 is 1.25 bits per heavy atom. The fourth-order valence-corrected chi connectivity index (χ4v) is 4.22. The molecule has 1 aliphatic heterocycles. The normalized spacial score (nSPS) is 21.2. The highest BCUT2D eigenvalue weighted by Crippen LogP contribution is 2.20. The quantitative estimate of drug-likeness (QED) is 0.342. The van der Waals surface area contributed by atoms with Crippen LogP contribution in [0.5, 0.6) is 0 Å². The molecule has 1 fully saturated rings. The summed E-state index contributed by atoms with van der Waals surface area (Å²) in [4.78, 5) is 6.71. The van der Waals surface area contributed by atoms with Crippen molar-refractivity contribution in [1.29, 1.82) is 0 Å². The molecule has 2 atom stereocenters. The van der Waals surface area contributed by atoms with Gasteiger partial charge in [-0.2, -0.15) is 0 Å². The highest BCUT2D eigenvalue weighted by molar-refractivity contribution is 14.0.